The lowest BCUT2D eigenvalue weighted by molar-refractivity contribution is -0.117. The van der Waals surface area contributed by atoms with E-state index >= 15 is 0 Å². The van der Waals surface area contributed by atoms with Crippen molar-refractivity contribution in [1.82, 2.24) is 10.2 Å². The predicted molar refractivity (Wildman–Crippen MR) is 71.4 cm³/mol. The van der Waals surface area contributed by atoms with E-state index in [9.17, 15) is 18.0 Å². The Balaban J connectivity index is 2.17. The molecule has 1 aromatic heterocycles. The number of hydrogen-bond acceptors (Lipinski definition) is 8. The monoisotopic (exact) mass is 339 g/mol. The molecule has 1 atom stereocenters. The molecule has 11 heteroatoms. The van der Waals surface area contributed by atoms with Crippen LogP contribution in [0.2, 0.25) is 0 Å². The van der Waals surface area contributed by atoms with Crippen molar-refractivity contribution in [1.29, 1.82) is 0 Å². The smallest absolute Gasteiger partial charge is 0.369 e. The van der Waals surface area contributed by atoms with Crippen molar-refractivity contribution in [2.45, 2.75) is 18.6 Å². The molecule has 0 bridgehead atoms. The van der Waals surface area contributed by atoms with Crippen molar-refractivity contribution in [2.24, 2.45) is 0 Å². The molecule has 1 fully saturated rings. The number of halogens is 1. The SMILES string of the molecule is CCOC(=O)c1nnc(N2CC(S(=O)(=O)Cl)CC2=O)s1. The largest absolute Gasteiger partial charge is 0.461 e. The van der Waals surface area contributed by atoms with Crippen LogP contribution in [0.15, 0.2) is 0 Å². The number of aromatic nitrogens is 2. The normalized spacial score (nSPS) is 19.4. The maximum atomic E-state index is 11.8. The summed E-state index contributed by atoms with van der Waals surface area (Å²) in [5.74, 6) is -1.06. The van der Waals surface area contributed by atoms with Gasteiger partial charge in [-0.25, -0.2) is 13.2 Å². The number of carbonyl (C=O) groups is 2. The standard InChI is InChI=1S/C9H10ClN3O5S2/c1-2-18-8(15)7-11-12-9(19-7)13-4-5(3-6(13)14)20(10,16)17/h5H,2-4H2,1H3. The molecule has 110 valence electrons. The Morgan fingerprint density at radius 1 is 1.55 bits per heavy atom. The van der Waals surface area contributed by atoms with Gasteiger partial charge < -0.3 is 4.74 Å². The first-order valence-electron chi connectivity index (χ1n) is 5.57. The zero-order chi connectivity index (χ0) is 14.9. The molecule has 1 saturated heterocycles. The van der Waals surface area contributed by atoms with Crippen molar-refractivity contribution in [3.05, 3.63) is 5.01 Å². The first-order chi connectivity index (χ1) is 9.32. The quantitative estimate of drug-likeness (QED) is 0.576. The fraction of sp³-hybridized carbons (Fsp3) is 0.556. The van der Waals surface area contributed by atoms with E-state index in [1.807, 2.05) is 0 Å². The summed E-state index contributed by atoms with van der Waals surface area (Å²) in [5, 5.41) is 6.50. The van der Waals surface area contributed by atoms with Gasteiger partial charge in [0.2, 0.25) is 25.1 Å². The van der Waals surface area contributed by atoms with Gasteiger partial charge in [-0.2, -0.15) is 0 Å². The van der Waals surface area contributed by atoms with Crippen LogP contribution in [-0.4, -0.2) is 48.9 Å². The Bertz CT molecular complexity index is 644. The van der Waals surface area contributed by atoms with Crippen molar-refractivity contribution >= 4 is 48.1 Å². The number of nitrogens with zero attached hydrogens (tertiary/aromatic N) is 3. The van der Waals surface area contributed by atoms with Crippen molar-refractivity contribution < 1.29 is 22.7 Å². The molecule has 2 heterocycles. The third-order valence-corrected chi connectivity index (χ3v) is 5.38. The highest BCUT2D eigenvalue weighted by Gasteiger charge is 2.39. The van der Waals surface area contributed by atoms with E-state index in [1.54, 1.807) is 6.92 Å². The van der Waals surface area contributed by atoms with Crippen LogP contribution in [0.4, 0.5) is 5.13 Å². The highest BCUT2D eigenvalue weighted by molar-refractivity contribution is 8.14. The first kappa shape index (κ1) is 15.1. The van der Waals surface area contributed by atoms with E-state index in [-0.39, 0.29) is 29.7 Å². The van der Waals surface area contributed by atoms with Crippen LogP contribution in [0.3, 0.4) is 0 Å². The Hall–Kier alpha value is -1.26. The van der Waals surface area contributed by atoms with Crippen LogP contribution in [0.25, 0.3) is 0 Å². The average molecular weight is 340 g/mol. The predicted octanol–water partition coefficient (Wildman–Crippen LogP) is 0.389. The third-order valence-electron chi connectivity index (χ3n) is 2.58. The van der Waals surface area contributed by atoms with Gasteiger partial charge >= 0.3 is 5.97 Å². The first-order valence-corrected chi connectivity index (χ1v) is 8.76. The molecule has 0 aliphatic carbocycles. The number of esters is 1. The van der Waals surface area contributed by atoms with E-state index in [4.69, 9.17) is 15.4 Å². The minimum absolute atomic E-state index is 0.00632. The van der Waals surface area contributed by atoms with E-state index in [0.717, 1.165) is 16.2 Å². The average Bonchev–Trinajstić information content (AvgIpc) is 2.94. The summed E-state index contributed by atoms with van der Waals surface area (Å²) in [4.78, 5) is 24.4. The van der Waals surface area contributed by atoms with Crippen LogP contribution in [0.5, 0.6) is 0 Å². The van der Waals surface area contributed by atoms with Gasteiger partial charge in [-0.15, -0.1) is 10.2 Å². The molecule has 1 aromatic rings. The highest BCUT2D eigenvalue weighted by atomic mass is 35.7. The summed E-state index contributed by atoms with van der Waals surface area (Å²) < 4.78 is 27.2. The van der Waals surface area contributed by atoms with Gasteiger partial charge in [0.25, 0.3) is 0 Å². The Morgan fingerprint density at radius 2 is 2.25 bits per heavy atom. The second-order valence-electron chi connectivity index (χ2n) is 3.92. The summed E-state index contributed by atoms with van der Waals surface area (Å²) in [6.45, 7) is 1.75. The molecule has 0 N–H and O–H groups in total. The lowest BCUT2D eigenvalue weighted by atomic mass is 10.4. The van der Waals surface area contributed by atoms with E-state index in [1.165, 1.54) is 0 Å². The molecule has 0 aromatic carbocycles. The van der Waals surface area contributed by atoms with E-state index in [2.05, 4.69) is 10.2 Å². The number of amides is 1. The molecule has 1 amide bonds. The van der Waals surface area contributed by atoms with Gasteiger partial charge in [-0.05, 0) is 6.92 Å². The molecule has 0 saturated carbocycles. The van der Waals surface area contributed by atoms with Crippen LogP contribution in [0, 0.1) is 0 Å². The maximum Gasteiger partial charge on any atom is 0.369 e. The summed E-state index contributed by atoms with van der Waals surface area (Å²) in [7, 11) is 1.42. The van der Waals surface area contributed by atoms with Gasteiger partial charge in [-0.1, -0.05) is 11.3 Å². The molecule has 0 radical (unpaired) electrons. The fourth-order valence-corrected chi connectivity index (χ4v) is 3.44. The van der Waals surface area contributed by atoms with Crippen LogP contribution < -0.4 is 4.90 Å². The highest BCUT2D eigenvalue weighted by Crippen LogP contribution is 2.29. The maximum absolute atomic E-state index is 11.8. The minimum Gasteiger partial charge on any atom is -0.461 e. The molecule has 1 unspecified atom stereocenters. The van der Waals surface area contributed by atoms with Crippen molar-refractivity contribution in [2.75, 3.05) is 18.1 Å². The second kappa shape index (κ2) is 5.62. The fourth-order valence-electron chi connectivity index (χ4n) is 1.65. The minimum atomic E-state index is -3.82. The van der Waals surface area contributed by atoms with Crippen molar-refractivity contribution in [3.63, 3.8) is 0 Å². The van der Waals surface area contributed by atoms with Gasteiger partial charge in [0.05, 0.1) is 6.61 Å². The van der Waals surface area contributed by atoms with Gasteiger partial charge in [0.1, 0.15) is 5.25 Å². The van der Waals surface area contributed by atoms with E-state index < -0.39 is 26.2 Å². The molecule has 1 aliphatic heterocycles. The molecular weight excluding hydrogens is 330 g/mol. The third kappa shape index (κ3) is 3.07. The summed E-state index contributed by atoms with van der Waals surface area (Å²) in [6, 6.07) is 0. The van der Waals surface area contributed by atoms with Gasteiger partial charge in [0.15, 0.2) is 0 Å². The number of rotatable bonds is 4. The van der Waals surface area contributed by atoms with Gasteiger partial charge in [-0.3, -0.25) is 9.69 Å². The molecule has 8 nitrogen and oxygen atoms in total. The molecule has 20 heavy (non-hydrogen) atoms. The number of ether oxygens (including phenoxy) is 1. The number of carbonyl (C=O) groups excluding carboxylic acids is 2. The lowest BCUT2D eigenvalue weighted by Crippen LogP contribution is -2.26. The molecule has 0 spiro atoms. The summed E-state index contributed by atoms with van der Waals surface area (Å²) >= 11 is 0.865. The van der Waals surface area contributed by atoms with Crippen molar-refractivity contribution in [3.8, 4) is 0 Å². The zero-order valence-corrected chi connectivity index (χ0v) is 12.7. The number of anilines is 1. The molecule has 1 aliphatic rings. The number of hydrogen-bond donors (Lipinski definition) is 0. The Kier molecular flexibility index (Phi) is 4.25. The summed E-state index contributed by atoms with van der Waals surface area (Å²) in [6.07, 6.45) is -0.208. The summed E-state index contributed by atoms with van der Waals surface area (Å²) in [5.41, 5.74) is 0. The van der Waals surface area contributed by atoms with Crippen LogP contribution in [-0.2, 0) is 18.6 Å². The topological polar surface area (TPSA) is 107 Å². The molecule has 2 rings (SSSR count). The molecular formula is C9H10ClN3O5S2. The lowest BCUT2D eigenvalue weighted by Gasteiger charge is -2.10. The van der Waals surface area contributed by atoms with Crippen LogP contribution in [0.1, 0.15) is 23.1 Å². The van der Waals surface area contributed by atoms with Gasteiger partial charge in [0, 0.05) is 23.6 Å². The Labute approximate surface area is 123 Å². The van der Waals surface area contributed by atoms with E-state index in [0.29, 0.717) is 0 Å². The zero-order valence-electron chi connectivity index (χ0n) is 10.3. The second-order valence-corrected chi connectivity index (χ2v) is 7.78. The Morgan fingerprint density at radius 3 is 2.80 bits per heavy atom. The van der Waals surface area contributed by atoms with Crippen LogP contribution >= 0.6 is 22.0 Å².